The summed E-state index contributed by atoms with van der Waals surface area (Å²) in [7, 11) is 0. The highest BCUT2D eigenvalue weighted by molar-refractivity contribution is 9.10. The molecule has 0 aromatic carbocycles. The largest absolute Gasteiger partial charge is 0.368 e. The first-order valence-electron chi connectivity index (χ1n) is 5.32. The molecule has 0 aliphatic carbocycles. The van der Waals surface area contributed by atoms with Gasteiger partial charge in [0.15, 0.2) is 0 Å². The first-order valence-corrected chi connectivity index (χ1v) is 6.11. The lowest BCUT2D eigenvalue weighted by molar-refractivity contribution is -0.119. The summed E-state index contributed by atoms with van der Waals surface area (Å²) in [6.45, 7) is 2.04. The first-order chi connectivity index (χ1) is 7.99. The number of primary amides is 1. The zero-order chi connectivity index (χ0) is 12.6. The molecule has 0 bridgehead atoms. The van der Waals surface area contributed by atoms with Crippen molar-refractivity contribution in [3.8, 4) is 0 Å². The van der Waals surface area contributed by atoms with Crippen LogP contribution in [0.1, 0.15) is 12.0 Å². The number of aromatic nitrogens is 1. The van der Waals surface area contributed by atoms with E-state index in [2.05, 4.69) is 20.9 Å². The normalized spacial score (nSPS) is 24.1. The van der Waals surface area contributed by atoms with E-state index >= 15 is 0 Å². The van der Waals surface area contributed by atoms with Gasteiger partial charge in [-0.1, -0.05) is 6.07 Å². The monoisotopic (exact) mass is 301 g/mol. The van der Waals surface area contributed by atoms with Gasteiger partial charge in [0.05, 0.1) is 6.54 Å². The third-order valence-electron chi connectivity index (χ3n) is 2.89. The number of nitrogens with zero attached hydrogens (tertiary/aromatic N) is 2. The number of anilines is 1. The standard InChI is InChI=1S/C11H13BrFN3O/c1-6-2-3-9(12)15-11(6)16-5-7(13)4-8(16)10(14)17/h2-3,7-8H,4-5H2,1H3,(H2,14,17)/t7-,8+/m1/s1. The van der Waals surface area contributed by atoms with Crippen molar-refractivity contribution in [3.05, 3.63) is 22.3 Å². The zero-order valence-electron chi connectivity index (χ0n) is 9.36. The average molecular weight is 302 g/mol. The van der Waals surface area contributed by atoms with E-state index in [4.69, 9.17) is 5.73 Å². The maximum atomic E-state index is 13.4. The second-order valence-electron chi connectivity index (χ2n) is 4.18. The van der Waals surface area contributed by atoms with Crippen LogP contribution in [0.3, 0.4) is 0 Å². The number of rotatable bonds is 2. The Morgan fingerprint density at radius 1 is 1.65 bits per heavy atom. The molecule has 0 spiro atoms. The van der Waals surface area contributed by atoms with Crippen molar-refractivity contribution < 1.29 is 9.18 Å². The number of alkyl halides is 1. The lowest BCUT2D eigenvalue weighted by atomic mass is 10.2. The topological polar surface area (TPSA) is 59.2 Å². The van der Waals surface area contributed by atoms with Gasteiger partial charge in [-0.25, -0.2) is 9.37 Å². The Hall–Kier alpha value is -1.17. The summed E-state index contributed by atoms with van der Waals surface area (Å²) in [6.07, 6.45) is -0.893. The van der Waals surface area contributed by atoms with E-state index in [9.17, 15) is 9.18 Å². The van der Waals surface area contributed by atoms with Gasteiger partial charge in [-0.2, -0.15) is 0 Å². The van der Waals surface area contributed by atoms with Crippen LogP contribution in [0.25, 0.3) is 0 Å². The molecule has 0 saturated carbocycles. The number of halogens is 2. The van der Waals surface area contributed by atoms with Crippen molar-refractivity contribution in [3.63, 3.8) is 0 Å². The van der Waals surface area contributed by atoms with E-state index < -0.39 is 18.1 Å². The number of carbonyl (C=O) groups is 1. The molecule has 1 fully saturated rings. The Morgan fingerprint density at radius 3 is 3.00 bits per heavy atom. The smallest absolute Gasteiger partial charge is 0.240 e. The van der Waals surface area contributed by atoms with Crippen molar-refractivity contribution in [1.82, 2.24) is 4.98 Å². The predicted octanol–water partition coefficient (Wildman–Crippen LogP) is 1.55. The third kappa shape index (κ3) is 2.41. The summed E-state index contributed by atoms with van der Waals surface area (Å²) < 4.78 is 14.1. The van der Waals surface area contributed by atoms with Crippen LogP contribution in [-0.4, -0.2) is 29.6 Å². The van der Waals surface area contributed by atoms with Crippen LogP contribution in [0.2, 0.25) is 0 Å². The molecule has 2 heterocycles. The molecule has 1 aliphatic heterocycles. The summed E-state index contributed by atoms with van der Waals surface area (Å²) in [6, 6.07) is 3.07. The zero-order valence-corrected chi connectivity index (χ0v) is 10.9. The van der Waals surface area contributed by atoms with Crippen molar-refractivity contribution >= 4 is 27.7 Å². The van der Waals surface area contributed by atoms with Crippen LogP contribution in [0.5, 0.6) is 0 Å². The van der Waals surface area contributed by atoms with Gasteiger partial charge in [-0.05, 0) is 34.5 Å². The number of nitrogens with two attached hydrogens (primary N) is 1. The molecule has 92 valence electrons. The maximum Gasteiger partial charge on any atom is 0.240 e. The second-order valence-corrected chi connectivity index (χ2v) is 4.99. The van der Waals surface area contributed by atoms with E-state index in [1.165, 1.54) is 0 Å². The Balaban J connectivity index is 2.37. The fourth-order valence-electron chi connectivity index (χ4n) is 2.07. The molecule has 4 nitrogen and oxygen atoms in total. The molecule has 2 rings (SSSR count). The molecule has 2 N–H and O–H groups in total. The summed E-state index contributed by atoms with van der Waals surface area (Å²) >= 11 is 3.27. The minimum atomic E-state index is -1.03. The van der Waals surface area contributed by atoms with Crippen LogP contribution >= 0.6 is 15.9 Å². The number of aryl methyl sites for hydroxylation is 1. The number of amides is 1. The molecule has 1 aromatic rings. The van der Waals surface area contributed by atoms with Gasteiger partial charge in [0.2, 0.25) is 5.91 Å². The van der Waals surface area contributed by atoms with Crippen molar-refractivity contribution in [1.29, 1.82) is 0 Å². The lowest BCUT2D eigenvalue weighted by Crippen LogP contribution is -2.41. The maximum absolute atomic E-state index is 13.4. The van der Waals surface area contributed by atoms with Crippen LogP contribution in [0.4, 0.5) is 10.2 Å². The highest BCUT2D eigenvalue weighted by Crippen LogP contribution is 2.29. The fourth-order valence-corrected chi connectivity index (χ4v) is 2.37. The highest BCUT2D eigenvalue weighted by atomic mass is 79.9. The van der Waals surface area contributed by atoms with Gasteiger partial charge < -0.3 is 10.6 Å². The molecule has 6 heteroatoms. The summed E-state index contributed by atoms with van der Waals surface area (Å²) in [4.78, 5) is 17.2. The van der Waals surface area contributed by atoms with E-state index in [1.807, 2.05) is 13.0 Å². The Labute approximate surface area is 107 Å². The molecule has 17 heavy (non-hydrogen) atoms. The van der Waals surface area contributed by atoms with E-state index in [0.29, 0.717) is 10.4 Å². The summed E-state index contributed by atoms with van der Waals surface area (Å²) in [5, 5.41) is 0. The average Bonchev–Trinajstić information content (AvgIpc) is 2.64. The number of pyridine rings is 1. The van der Waals surface area contributed by atoms with Crippen LogP contribution < -0.4 is 10.6 Å². The van der Waals surface area contributed by atoms with E-state index in [1.54, 1.807) is 11.0 Å². The van der Waals surface area contributed by atoms with Crippen molar-refractivity contribution in [2.24, 2.45) is 5.73 Å². The molecule has 1 saturated heterocycles. The van der Waals surface area contributed by atoms with Gasteiger partial charge in [0, 0.05) is 6.42 Å². The Bertz CT molecular complexity index is 454. The molecule has 2 atom stereocenters. The molecule has 1 amide bonds. The quantitative estimate of drug-likeness (QED) is 0.843. The van der Waals surface area contributed by atoms with Gasteiger partial charge in [0.1, 0.15) is 22.6 Å². The predicted molar refractivity (Wildman–Crippen MR) is 66.5 cm³/mol. The minimum Gasteiger partial charge on any atom is -0.368 e. The van der Waals surface area contributed by atoms with Gasteiger partial charge in [-0.3, -0.25) is 4.79 Å². The van der Waals surface area contributed by atoms with Crippen molar-refractivity contribution in [2.45, 2.75) is 25.6 Å². The Morgan fingerprint density at radius 2 is 2.35 bits per heavy atom. The molecular weight excluding hydrogens is 289 g/mol. The molecule has 1 aromatic heterocycles. The molecular formula is C11H13BrFN3O. The van der Waals surface area contributed by atoms with Crippen molar-refractivity contribution in [2.75, 3.05) is 11.4 Å². The van der Waals surface area contributed by atoms with Gasteiger partial charge in [0.25, 0.3) is 0 Å². The number of hydrogen-bond acceptors (Lipinski definition) is 3. The fraction of sp³-hybridized carbons (Fsp3) is 0.455. The molecule has 0 unspecified atom stereocenters. The highest BCUT2D eigenvalue weighted by Gasteiger charge is 2.37. The first kappa shape index (κ1) is 12.3. The Kier molecular flexibility index (Phi) is 3.33. The third-order valence-corrected chi connectivity index (χ3v) is 3.33. The van der Waals surface area contributed by atoms with Crippen LogP contribution in [0, 0.1) is 6.92 Å². The SMILES string of the molecule is Cc1ccc(Br)nc1N1C[C@H](F)C[C@H]1C(N)=O. The van der Waals surface area contributed by atoms with E-state index in [0.717, 1.165) is 5.56 Å². The van der Waals surface area contributed by atoms with Crippen LogP contribution in [0.15, 0.2) is 16.7 Å². The minimum absolute atomic E-state index is 0.142. The second kappa shape index (κ2) is 4.60. The van der Waals surface area contributed by atoms with Gasteiger partial charge >= 0.3 is 0 Å². The molecule has 1 aliphatic rings. The summed E-state index contributed by atoms with van der Waals surface area (Å²) in [5.41, 5.74) is 6.19. The van der Waals surface area contributed by atoms with E-state index in [-0.39, 0.29) is 13.0 Å². The number of hydrogen-bond donors (Lipinski definition) is 1. The van der Waals surface area contributed by atoms with Gasteiger partial charge in [-0.15, -0.1) is 0 Å². The molecule has 0 radical (unpaired) electrons. The summed E-state index contributed by atoms with van der Waals surface area (Å²) in [5.74, 6) is 0.106. The van der Waals surface area contributed by atoms with Crippen LogP contribution in [-0.2, 0) is 4.79 Å². The number of carbonyl (C=O) groups excluding carboxylic acids is 1. The lowest BCUT2D eigenvalue weighted by Gasteiger charge is -2.24.